The van der Waals surface area contributed by atoms with Crippen LogP contribution in [0.4, 0.5) is 0 Å². The molecule has 0 radical (unpaired) electrons. The summed E-state index contributed by atoms with van der Waals surface area (Å²) in [5.74, 6) is 1.24. The number of halogens is 2. The van der Waals surface area contributed by atoms with Crippen molar-refractivity contribution in [3.8, 4) is 11.6 Å². The second-order valence-electron chi connectivity index (χ2n) is 4.04. The van der Waals surface area contributed by atoms with Gasteiger partial charge in [0.1, 0.15) is 10.4 Å². The lowest BCUT2D eigenvalue weighted by molar-refractivity contribution is 0.460. The molecule has 0 bridgehead atoms. The van der Waals surface area contributed by atoms with Crippen molar-refractivity contribution in [3.05, 3.63) is 51.4 Å². The molecule has 0 aliphatic heterocycles. The van der Waals surface area contributed by atoms with Gasteiger partial charge in [-0.2, -0.15) is 0 Å². The molecule has 4 nitrogen and oxygen atoms in total. The van der Waals surface area contributed by atoms with Crippen LogP contribution >= 0.6 is 31.9 Å². The maximum Gasteiger partial charge on any atom is 0.264 e. The molecule has 96 valence electrons. The van der Waals surface area contributed by atoms with Gasteiger partial charge in [-0.15, -0.1) is 0 Å². The first kappa shape index (κ1) is 12.6. The predicted octanol–water partition coefficient (Wildman–Crippen LogP) is 4.36. The van der Waals surface area contributed by atoms with Crippen molar-refractivity contribution in [3.63, 3.8) is 0 Å². The van der Waals surface area contributed by atoms with Crippen molar-refractivity contribution < 1.29 is 4.74 Å². The first-order valence-corrected chi connectivity index (χ1v) is 7.15. The molecule has 0 amide bonds. The van der Waals surface area contributed by atoms with Gasteiger partial charge in [0.05, 0.1) is 0 Å². The Morgan fingerprint density at radius 3 is 2.89 bits per heavy atom. The molecule has 0 N–H and O–H groups in total. The van der Waals surface area contributed by atoms with Gasteiger partial charge in [0.15, 0.2) is 0 Å². The second-order valence-corrected chi connectivity index (χ2v) is 5.77. The predicted molar refractivity (Wildman–Crippen MR) is 79.6 cm³/mol. The van der Waals surface area contributed by atoms with E-state index >= 15 is 0 Å². The zero-order chi connectivity index (χ0) is 13.4. The molecule has 6 heteroatoms. The highest BCUT2D eigenvalue weighted by molar-refractivity contribution is 9.10. The Kier molecular flexibility index (Phi) is 3.28. The number of imidazole rings is 1. The fourth-order valence-electron chi connectivity index (χ4n) is 1.77. The van der Waals surface area contributed by atoms with Crippen LogP contribution in [0.1, 0.15) is 5.56 Å². The molecule has 3 aromatic rings. The van der Waals surface area contributed by atoms with Crippen LogP contribution in [0.2, 0.25) is 0 Å². The minimum absolute atomic E-state index is 0.477. The molecule has 0 unspecified atom stereocenters. The summed E-state index contributed by atoms with van der Waals surface area (Å²) >= 11 is 6.80. The van der Waals surface area contributed by atoms with E-state index in [1.165, 1.54) is 0 Å². The Morgan fingerprint density at radius 1 is 1.26 bits per heavy atom. The molecular weight excluding hydrogens is 374 g/mol. The summed E-state index contributed by atoms with van der Waals surface area (Å²) in [4.78, 5) is 8.58. The van der Waals surface area contributed by atoms with Crippen molar-refractivity contribution >= 4 is 37.5 Å². The van der Waals surface area contributed by atoms with Crippen molar-refractivity contribution in [2.75, 3.05) is 0 Å². The molecule has 0 atom stereocenters. The monoisotopic (exact) mass is 381 g/mol. The van der Waals surface area contributed by atoms with Crippen LogP contribution in [0.3, 0.4) is 0 Å². The quantitative estimate of drug-likeness (QED) is 0.661. The number of aryl methyl sites for hydroxylation is 1. The summed E-state index contributed by atoms with van der Waals surface area (Å²) in [5.41, 5.74) is 1.71. The van der Waals surface area contributed by atoms with Crippen LogP contribution in [-0.2, 0) is 0 Å². The number of aromatic nitrogens is 3. The molecule has 2 aromatic heterocycles. The lowest BCUT2D eigenvalue weighted by atomic mass is 10.2. The summed E-state index contributed by atoms with van der Waals surface area (Å²) in [7, 11) is 0. The topological polar surface area (TPSA) is 39.4 Å². The SMILES string of the molecule is Cc1cc(Br)ccc1Oc1nc(Br)cn2ccnc12. The van der Waals surface area contributed by atoms with Gasteiger partial charge in [0, 0.05) is 23.1 Å². The van der Waals surface area contributed by atoms with Crippen molar-refractivity contribution in [2.24, 2.45) is 0 Å². The van der Waals surface area contributed by atoms with Gasteiger partial charge in [-0.05, 0) is 46.6 Å². The number of fused-ring (bicyclic) bond motifs is 1. The van der Waals surface area contributed by atoms with Crippen LogP contribution in [0, 0.1) is 6.92 Å². The zero-order valence-corrected chi connectivity index (χ0v) is 13.1. The van der Waals surface area contributed by atoms with E-state index in [1.54, 1.807) is 6.20 Å². The normalized spacial score (nSPS) is 10.9. The van der Waals surface area contributed by atoms with E-state index in [4.69, 9.17) is 4.74 Å². The van der Waals surface area contributed by atoms with E-state index in [0.29, 0.717) is 16.1 Å². The molecule has 1 aromatic carbocycles. The minimum Gasteiger partial charge on any atom is -0.436 e. The molecule has 0 saturated carbocycles. The summed E-state index contributed by atoms with van der Waals surface area (Å²) in [6.07, 6.45) is 5.40. The van der Waals surface area contributed by atoms with Crippen LogP contribution in [0.5, 0.6) is 11.6 Å². The third kappa shape index (κ3) is 2.50. The standard InChI is InChI=1S/C13H9Br2N3O/c1-8-6-9(14)2-3-10(8)19-13-12-16-4-5-18(12)7-11(15)17-13/h2-7H,1H3. The summed E-state index contributed by atoms with van der Waals surface area (Å²) < 4.78 is 9.45. The molecule has 0 saturated heterocycles. The molecule has 0 spiro atoms. The molecule has 3 rings (SSSR count). The van der Waals surface area contributed by atoms with Gasteiger partial charge >= 0.3 is 0 Å². The van der Waals surface area contributed by atoms with Gasteiger partial charge in [-0.25, -0.2) is 9.97 Å². The van der Waals surface area contributed by atoms with E-state index in [2.05, 4.69) is 41.8 Å². The van der Waals surface area contributed by atoms with Crippen molar-refractivity contribution in [1.82, 2.24) is 14.4 Å². The minimum atomic E-state index is 0.477. The van der Waals surface area contributed by atoms with Crippen LogP contribution in [0.25, 0.3) is 5.65 Å². The van der Waals surface area contributed by atoms with E-state index in [1.807, 2.05) is 41.9 Å². The third-order valence-corrected chi connectivity index (χ3v) is 3.53. The Morgan fingerprint density at radius 2 is 2.11 bits per heavy atom. The maximum atomic E-state index is 5.87. The van der Waals surface area contributed by atoms with Gasteiger partial charge < -0.3 is 4.74 Å². The molecule has 0 aliphatic rings. The van der Waals surface area contributed by atoms with Crippen molar-refractivity contribution in [1.29, 1.82) is 0 Å². The van der Waals surface area contributed by atoms with Crippen LogP contribution in [0.15, 0.2) is 45.9 Å². The number of nitrogens with zero attached hydrogens (tertiary/aromatic N) is 3. The van der Waals surface area contributed by atoms with Crippen molar-refractivity contribution in [2.45, 2.75) is 6.92 Å². The molecular formula is C13H9Br2N3O. The van der Waals surface area contributed by atoms with Gasteiger partial charge in [0.2, 0.25) is 5.65 Å². The number of hydrogen-bond acceptors (Lipinski definition) is 3. The number of benzene rings is 1. The molecule has 19 heavy (non-hydrogen) atoms. The average molecular weight is 383 g/mol. The highest BCUT2D eigenvalue weighted by Gasteiger charge is 2.10. The highest BCUT2D eigenvalue weighted by atomic mass is 79.9. The largest absolute Gasteiger partial charge is 0.436 e. The zero-order valence-electron chi connectivity index (χ0n) is 9.97. The van der Waals surface area contributed by atoms with Gasteiger partial charge in [-0.3, -0.25) is 4.40 Å². The van der Waals surface area contributed by atoms with Crippen LogP contribution < -0.4 is 4.74 Å². The van der Waals surface area contributed by atoms with Gasteiger partial charge in [-0.1, -0.05) is 15.9 Å². The lowest BCUT2D eigenvalue weighted by Crippen LogP contribution is -1.96. The van der Waals surface area contributed by atoms with E-state index in [0.717, 1.165) is 15.8 Å². The number of rotatable bonds is 2. The summed E-state index contributed by atoms with van der Waals surface area (Å²) in [5, 5.41) is 0. The fraction of sp³-hybridized carbons (Fsp3) is 0.0769. The van der Waals surface area contributed by atoms with E-state index < -0.39 is 0 Å². The Bertz CT molecular complexity index is 755. The smallest absolute Gasteiger partial charge is 0.264 e. The molecule has 2 heterocycles. The number of hydrogen-bond donors (Lipinski definition) is 0. The summed E-state index contributed by atoms with van der Waals surface area (Å²) in [6.45, 7) is 1.99. The van der Waals surface area contributed by atoms with E-state index in [-0.39, 0.29) is 0 Å². The Labute approximate surface area is 126 Å². The highest BCUT2D eigenvalue weighted by Crippen LogP contribution is 2.29. The van der Waals surface area contributed by atoms with E-state index in [9.17, 15) is 0 Å². The third-order valence-electron chi connectivity index (χ3n) is 2.66. The summed E-state index contributed by atoms with van der Waals surface area (Å²) in [6, 6.07) is 5.83. The number of ether oxygens (including phenoxy) is 1. The second kappa shape index (κ2) is 4.94. The first-order chi connectivity index (χ1) is 9.13. The Hall–Kier alpha value is -1.40. The molecule has 0 fully saturated rings. The lowest BCUT2D eigenvalue weighted by Gasteiger charge is -2.09. The maximum absolute atomic E-state index is 5.87. The molecule has 0 aliphatic carbocycles. The average Bonchev–Trinajstić information content (AvgIpc) is 2.80. The first-order valence-electron chi connectivity index (χ1n) is 5.57. The van der Waals surface area contributed by atoms with Crippen LogP contribution in [-0.4, -0.2) is 14.4 Å². The Balaban J connectivity index is 2.07. The van der Waals surface area contributed by atoms with Gasteiger partial charge in [0.25, 0.3) is 5.88 Å². The fourth-order valence-corrected chi connectivity index (χ4v) is 2.63.